The molecule has 0 aliphatic carbocycles. The molecule has 2 aromatic rings. The quantitative estimate of drug-likeness (QED) is 0.831. The largest absolute Gasteiger partial charge is 0.419 e. The van der Waals surface area contributed by atoms with Gasteiger partial charge < -0.3 is 4.52 Å². The number of nitrogens with one attached hydrogen (secondary N) is 2. The van der Waals surface area contributed by atoms with Crippen molar-refractivity contribution < 1.29 is 13.9 Å². The summed E-state index contributed by atoms with van der Waals surface area (Å²) < 4.78 is 17.8. The number of hydrogen-bond acceptors (Lipinski definition) is 3. The third-order valence-electron chi connectivity index (χ3n) is 2.56. The summed E-state index contributed by atoms with van der Waals surface area (Å²) in [7, 11) is -2.03. The molecule has 5 nitrogen and oxygen atoms in total. The van der Waals surface area contributed by atoms with Crippen LogP contribution in [0.5, 0.6) is 5.75 Å². The van der Waals surface area contributed by atoms with Crippen LogP contribution in [0, 0.1) is 0 Å². The highest BCUT2D eigenvalue weighted by atomic mass is 31.2. The lowest BCUT2D eigenvalue weighted by molar-refractivity contribution is 0.0977. The summed E-state index contributed by atoms with van der Waals surface area (Å²) >= 11 is 0. The van der Waals surface area contributed by atoms with Gasteiger partial charge in [0.05, 0.1) is 0 Å². The number of carbonyl (C=O) groups is 1. The van der Waals surface area contributed by atoms with Crippen LogP contribution in [0.2, 0.25) is 0 Å². The van der Waals surface area contributed by atoms with Gasteiger partial charge in [-0.3, -0.25) is 9.88 Å². The highest BCUT2D eigenvalue weighted by Gasteiger charge is 2.25. The van der Waals surface area contributed by atoms with E-state index in [9.17, 15) is 9.36 Å². The van der Waals surface area contributed by atoms with E-state index >= 15 is 0 Å². The SMILES string of the molecule is CNP(=O)(NC(=O)c1ccccc1)Oc1ccccc1. The van der Waals surface area contributed by atoms with Crippen LogP contribution >= 0.6 is 7.67 Å². The van der Waals surface area contributed by atoms with Crippen LogP contribution in [0.25, 0.3) is 0 Å². The van der Waals surface area contributed by atoms with Crippen LogP contribution in [0.4, 0.5) is 0 Å². The van der Waals surface area contributed by atoms with Crippen LogP contribution in [-0.2, 0) is 4.57 Å². The van der Waals surface area contributed by atoms with Gasteiger partial charge in [-0.05, 0) is 31.3 Å². The summed E-state index contributed by atoms with van der Waals surface area (Å²) in [6, 6.07) is 17.2. The van der Waals surface area contributed by atoms with E-state index in [-0.39, 0.29) is 0 Å². The van der Waals surface area contributed by atoms with Crippen molar-refractivity contribution in [3.8, 4) is 5.75 Å². The lowest BCUT2D eigenvalue weighted by atomic mass is 10.2. The monoisotopic (exact) mass is 290 g/mol. The van der Waals surface area contributed by atoms with Gasteiger partial charge in [-0.15, -0.1) is 0 Å². The fourth-order valence-electron chi connectivity index (χ4n) is 1.54. The molecule has 0 aliphatic rings. The Morgan fingerprint density at radius 2 is 1.55 bits per heavy atom. The predicted octanol–water partition coefficient (Wildman–Crippen LogP) is 2.82. The van der Waals surface area contributed by atoms with E-state index < -0.39 is 13.6 Å². The maximum absolute atomic E-state index is 12.5. The topological polar surface area (TPSA) is 67.4 Å². The summed E-state index contributed by atoms with van der Waals surface area (Å²) in [6.07, 6.45) is 0. The van der Waals surface area contributed by atoms with Gasteiger partial charge in [0.25, 0.3) is 5.91 Å². The fraction of sp³-hybridized carbons (Fsp3) is 0.0714. The Labute approximate surface area is 117 Å². The molecule has 104 valence electrons. The van der Waals surface area contributed by atoms with E-state index in [1.165, 1.54) is 7.05 Å². The van der Waals surface area contributed by atoms with Crippen LogP contribution in [-0.4, -0.2) is 13.0 Å². The van der Waals surface area contributed by atoms with Crippen LogP contribution < -0.4 is 14.7 Å². The minimum Gasteiger partial charge on any atom is -0.418 e. The van der Waals surface area contributed by atoms with E-state index in [0.29, 0.717) is 11.3 Å². The smallest absolute Gasteiger partial charge is 0.418 e. The molecule has 20 heavy (non-hydrogen) atoms. The molecule has 1 atom stereocenters. The number of amides is 1. The second-order valence-electron chi connectivity index (χ2n) is 3.99. The molecular weight excluding hydrogens is 275 g/mol. The van der Waals surface area contributed by atoms with Gasteiger partial charge in [0.15, 0.2) is 0 Å². The van der Waals surface area contributed by atoms with Crippen LogP contribution in [0.1, 0.15) is 10.4 Å². The third kappa shape index (κ3) is 3.70. The molecule has 0 aromatic heterocycles. The van der Waals surface area contributed by atoms with Crippen LogP contribution in [0.3, 0.4) is 0 Å². The average molecular weight is 290 g/mol. The summed E-state index contributed by atoms with van der Waals surface area (Å²) in [6.45, 7) is 0. The zero-order chi connectivity index (χ0) is 14.4. The highest BCUT2D eigenvalue weighted by Crippen LogP contribution is 2.38. The van der Waals surface area contributed by atoms with E-state index in [4.69, 9.17) is 4.52 Å². The number of benzene rings is 2. The summed E-state index contributed by atoms with van der Waals surface area (Å²) in [5.41, 5.74) is 0.416. The predicted molar refractivity (Wildman–Crippen MR) is 77.6 cm³/mol. The number of hydrogen-bond donors (Lipinski definition) is 2. The van der Waals surface area contributed by atoms with Gasteiger partial charge in [-0.2, -0.15) is 0 Å². The van der Waals surface area contributed by atoms with E-state index in [2.05, 4.69) is 10.2 Å². The summed E-state index contributed by atoms with van der Waals surface area (Å²) in [4.78, 5) is 12.0. The fourth-order valence-corrected chi connectivity index (χ4v) is 2.61. The molecule has 0 spiro atoms. The van der Waals surface area contributed by atoms with Gasteiger partial charge >= 0.3 is 7.67 Å². The lowest BCUT2D eigenvalue weighted by Gasteiger charge is -2.19. The van der Waals surface area contributed by atoms with E-state index in [1.807, 2.05) is 6.07 Å². The minimum absolute atomic E-state index is 0.415. The first-order valence-corrected chi connectivity index (χ1v) is 7.67. The second-order valence-corrected chi connectivity index (χ2v) is 5.94. The Hall–Kier alpha value is -2.10. The third-order valence-corrected chi connectivity index (χ3v) is 4.11. The van der Waals surface area contributed by atoms with Crippen molar-refractivity contribution in [2.24, 2.45) is 0 Å². The van der Waals surface area contributed by atoms with Gasteiger partial charge in [0.2, 0.25) is 0 Å². The molecule has 0 saturated heterocycles. The maximum atomic E-state index is 12.5. The van der Waals surface area contributed by atoms with Crippen molar-refractivity contribution in [1.29, 1.82) is 0 Å². The molecule has 2 aromatic carbocycles. The number of rotatable bonds is 5. The zero-order valence-corrected chi connectivity index (χ0v) is 11.8. The van der Waals surface area contributed by atoms with Crippen molar-refractivity contribution in [3.63, 3.8) is 0 Å². The van der Waals surface area contributed by atoms with Crippen molar-refractivity contribution in [2.45, 2.75) is 0 Å². The molecule has 0 saturated carbocycles. The normalized spacial score (nSPS) is 13.2. The molecule has 0 heterocycles. The molecule has 6 heteroatoms. The molecule has 0 radical (unpaired) electrons. The van der Waals surface area contributed by atoms with E-state index in [0.717, 1.165) is 0 Å². The van der Waals surface area contributed by atoms with Crippen molar-refractivity contribution in [3.05, 3.63) is 66.2 Å². The first-order chi connectivity index (χ1) is 9.63. The molecule has 0 aliphatic heterocycles. The Morgan fingerprint density at radius 3 is 2.10 bits per heavy atom. The molecule has 1 unspecified atom stereocenters. The van der Waals surface area contributed by atoms with Gasteiger partial charge in [-0.1, -0.05) is 36.4 Å². The first kappa shape index (κ1) is 14.3. The number of para-hydroxylation sites is 1. The molecule has 2 rings (SSSR count). The Balaban J connectivity index is 2.12. The summed E-state index contributed by atoms with van der Waals surface area (Å²) in [5, 5.41) is 4.92. The second kappa shape index (κ2) is 6.37. The summed E-state index contributed by atoms with van der Waals surface area (Å²) in [5.74, 6) is -0.0437. The Bertz CT molecular complexity index is 617. The lowest BCUT2D eigenvalue weighted by Crippen LogP contribution is -2.29. The molecule has 1 amide bonds. The van der Waals surface area contributed by atoms with E-state index in [1.54, 1.807) is 54.6 Å². The first-order valence-electron chi connectivity index (χ1n) is 6.04. The zero-order valence-electron chi connectivity index (χ0n) is 10.9. The van der Waals surface area contributed by atoms with Crippen molar-refractivity contribution >= 4 is 13.6 Å². The molecular formula is C14H15N2O3P. The van der Waals surface area contributed by atoms with Crippen LogP contribution in [0.15, 0.2) is 60.7 Å². The minimum atomic E-state index is -3.49. The highest BCUT2D eigenvalue weighted by molar-refractivity contribution is 7.55. The average Bonchev–Trinajstić information content (AvgIpc) is 2.49. The van der Waals surface area contributed by atoms with Crippen molar-refractivity contribution in [2.75, 3.05) is 7.05 Å². The molecule has 0 bridgehead atoms. The van der Waals surface area contributed by atoms with Gasteiger partial charge in [0.1, 0.15) is 5.75 Å². The van der Waals surface area contributed by atoms with Gasteiger partial charge in [-0.25, -0.2) is 9.65 Å². The standard InChI is InChI=1S/C14H15N2O3P/c1-15-20(18,19-13-10-6-3-7-11-13)16-14(17)12-8-4-2-5-9-12/h2-11H,1H3,(H2,15,16,17,18). The number of carbonyl (C=O) groups excluding carboxylic acids is 1. The Morgan fingerprint density at radius 1 is 1.00 bits per heavy atom. The molecule has 2 N–H and O–H groups in total. The Kier molecular flexibility index (Phi) is 4.56. The van der Waals surface area contributed by atoms with Crippen molar-refractivity contribution in [1.82, 2.24) is 10.2 Å². The molecule has 0 fully saturated rings. The van der Waals surface area contributed by atoms with Gasteiger partial charge in [0, 0.05) is 5.56 Å². The maximum Gasteiger partial charge on any atom is 0.419 e.